The summed E-state index contributed by atoms with van der Waals surface area (Å²) in [4.78, 5) is 4.73. The van der Waals surface area contributed by atoms with Crippen LogP contribution in [0.2, 0.25) is 10.0 Å². The Bertz CT molecular complexity index is 3930. The van der Waals surface area contributed by atoms with Crippen molar-refractivity contribution in [3.63, 3.8) is 0 Å². The van der Waals surface area contributed by atoms with E-state index in [1.807, 2.05) is 0 Å². The molecule has 0 spiro atoms. The van der Waals surface area contributed by atoms with Gasteiger partial charge in [-0.15, -0.1) is 11.3 Å². The average molecular weight is 1040 g/mol. The summed E-state index contributed by atoms with van der Waals surface area (Å²) < 4.78 is 1.20. The van der Waals surface area contributed by atoms with Crippen LogP contribution in [0.25, 0.3) is 64.7 Å². The van der Waals surface area contributed by atoms with Gasteiger partial charge in [0.1, 0.15) is 0 Å². The lowest BCUT2D eigenvalue weighted by Gasteiger charge is -2.34. The van der Waals surface area contributed by atoms with E-state index in [1.165, 1.54) is 59.3 Å². The van der Waals surface area contributed by atoms with Crippen molar-refractivity contribution in [2.45, 2.75) is 105 Å². The predicted molar refractivity (Wildman–Crippen MR) is 331 cm³/mol. The quantitative estimate of drug-likeness (QED) is 0.140. The van der Waals surface area contributed by atoms with Gasteiger partial charge in [0.15, 0.2) is 0 Å². The number of hydrogen-bond donors (Lipinski definition) is 0. The smallest absolute Gasteiger partial charge is 0.0888 e. The zero-order valence-electron chi connectivity index (χ0n) is 45.4. The highest BCUT2D eigenvalue weighted by Gasteiger charge is 2.31. The highest BCUT2D eigenvalue weighted by molar-refractivity contribution is 7.17. The third-order valence-corrected chi connectivity index (χ3v) is 16.8. The molecule has 1 aromatic heterocycles. The molecule has 0 aliphatic carbocycles. The van der Waals surface area contributed by atoms with Crippen molar-refractivity contribution in [1.82, 2.24) is 0 Å². The summed E-state index contributed by atoms with van der Waals surface area (Å²) >= 11 is 17.8. The molecule has 0 unspecified atom stereocenters. The minimum absolute atomic E-state index is 0.0544. The van der Waals surface area contributed by atoms with E-state index in [1.54, 1.807) is 11.3 Å². The van der Waals surface area contributed by atoms with Crippen molar-refractivity contribution in [3.05, 3.63) is 214 Å². The van der Waals surface area contributed by atoms with Gasteiger partial charge in [0, 0.05) is 37.3 Å². The summed E-state index contributed by atoms with van der Waals surface area (Å²) in [7, 11) is 0. The molecule has 0 N–H and O–H groups in total. The Morgan fingerprint density at radius 3 is 1.48 bits per heavy atom. The van der Waals surface area contributed by atoms with Crippen LogP contribution < -0.4 is 9.80 Å². The highest BCUT2D eigenvalue weighted by Crippen LogP contribution is 2.55. The van der Waals surface area contributed by atoms with Crippen LogP contribution in [0.1, 0.15) is 105 Å². The van der Waals surface area contributed by atoms with E-state index in [0.29, 0.717) is 10.0 Å². The maximum atomic E-state index is 8.36. The Kier molecular flexibility index (Phi) is 12.5. The van der Waals surface area contributed by atoms with Crippen molar-refractivity contribution in [2.75, 3.05) is 9.80 Å². The second-order valence-electron chi connectivity index (χ2n) is 24.6. The summed E-state index contributed by atoms with van der Waals surface area (Å²) in [5.41, 5.74) is 14.7. The molecular weight excluding hydrogens is 972 g/mol. The molecule has 0 aliphatic rings. The summed E-state index contributed by atoms with van der Waals surface area (Å²) in [6.45, 7) is 27.4. The number of anilines is 6. The van der Waals surface area contributed by atoms with Crippen molar-refractivity contribution < 1.29 is 0 Å². The molecule has 11 aromatic rings. The van der Waals surface area contributed by atoms with Crippen LogP contribution in [-0.4, -0.2) is 0 Å². The van der Waals surface area contributed by atoms with E-state index in [2.05, 4.69) is 274 Å². The van der Waals surface area contributed by atoms with Gasteiger partial charge in [-0.05, 0) is 148 Å². The number of hydrogen-bond acceptors (Lipinski definition) is 3. The topological polar surface area (TPSA) is 6.48 Å². The first-order valence-electron chi connectivity index (χ1n) is 26.3. The molecule has 0 radical (unpaired) electrons. The Morgan fingerprint density at radius 2 is 0.867 bits per heavy atom. The number of nitrogens with zero attached hydrogens (tertiary/aromatic N) is 2. The van der Waals surface area contributed by atoms with E-state index >= 15 is 0 Å². The fraction of sp³-hybridized carbons (Fsp3) is 0.229. The zero-order chi connectivity index (χ0) is 52.9. The molecule has 376 valence electrons. The molecule has 11 rings (SSSR count). The van der Waals surface area contributed by atoms with Gasteiger partial charge in [-0.1, -0.05) is 222 Å². The van der Waals surface area contributed by atoms with Gasteiger partial charge >= 0.3 is 0 Å². The van der Waals surface area contributed by atoms with E-state index in [9.17, 15) is 0 Å². The van der Waals surface area contributed by atoms with Gasteiger partial charge in [0.2, 0.25) is 0 Å². The summed E-state index contributed by atoms with van der Waals surface area (Å²) in [6, 6.07) is 65.2. The Morgan fingerprint density at radius 1 is 0.360 bits per heavy atom. The molecule has 0 atom stereocenters. The van der Waals surface area contributed by atoms with Gasteiger partial charge < -0.3 is 9.80 Å². The zero-order valence-corrected chi connectivity index (χ0v) is 47.7. The third kappa shape index (κ3) is 9.26. The lowest BCUT2D eigenvalue weighted by atomic mass is 9.83. The first-order chi connectivity index (χ1) is 35.5. The number of thiophene rings is 1. The maximum Gasteiger partial charge on any atom is 0.0888 e. The Labute approximate surface area is 458 Å². The fourth-order valence-electron chi connectivity index (χ4n) is 10.9. The minimum atomic E-state index is -0.132. The van der Waals surface area contributed by atoms with Crippen LogP contribution in [-0.2, 0) is 21.7 Å². The number of halogens is 2. The summed E-state index contributed by atoms with van der Waals surface area (Å²) in [5, 5.41) is 12.1. The average Bonchev–Trinajstić information content (AvgIpc) is 3.80. The van der Waals surface area contributed by atoms with E-state index in [4.69, 9.17) is 23.2 Å². The van der Waals surface area contributed by atoms with E-state index < -0.39 is 0 Å². The number of benzene rings is 10. The number of rotatable bonds is 8. The Balaban J connectivity index is 1.23. The summed E-state index contributed by atoms with van der Waals surface area (Å²) in [6.07, 6.45) is 0. The normalized spacial score (nSPS) is 12.7. The molecule has 5 heteroatoms. The molecular formula is C70H66Cl2N2S. The molecule has 0 saturated carbocycles. The third-order valence-electron chi connectivity index (χ3n) is 15.2. The van der Waals surface area contributed by atoms with Crippen molar-refractivity contribution in [2.24, 2.45) is 0 Å². The standard InChI is InChI=1S/C70H66Cl2N2S/c1-67(2,3)47-25-30-52(31-26-47)73(59-35-28-49(69(7,8)9)38-56(59)53-32-23-46-22-21-44-19-16-20-45-24-33-54(53)65(46)64(44)45)60-40-51(71)41-61(66(60)72)74(62-42-75-63-36-29-50(39-57(62)63)70(10,11)12)58-34-27-48(68(4,5)6)37-55(58)43-17-14-13-15-18-43/h13-42H,1-12H3. The second-order valence-corrected chi connectivity index (χ2v) is 26.3. The first-order valence-corrected chi connectivity index (χ1v) is 27.9. The predicted octanol–water partition coefficient (Wildman–Crippen LogP) is 22.6. The molecule has 10 aromatic carbocycles. The number of fused-ring (bicyclic) bond motifs is 1. The largest absolute Gasteiger partial charge is 0.308 e. The fourth-order valence-corrected chi connectivity index (χ4v) is 12.3. The van der Waals surface area contributed by atoms with Crippen LogP contribution in [0.3, 0.4) is 0 Å². The van der Waals surface area contributed by atoms with E-state index in [0.717, 1.165) is 61.8 Å². The molecule has 2 nitrogen and oxygen atoms in total. The molecule has 0 fully saturated rings. The summed E-state index contributed by atoms with van der Waals surface area (Å²) in [5.74, 6) is 0. The van der Waals surface area contributed by atoms with Gasteiger partial charge in [0.05, 0.1) is 33.5 Å². The first kappa shape index (κ1) is 50.5. The highest BCUT2D eigenvalue weighted by atomic mass is 35.5. The second kappa shape index (κ2) is 18.6. The molecule has 75 heavy (non-hydrogen) atoms. The lowest BCUT2D eigenvalue weighted by Crippen LogP contribution is -2.18. The SMILES string of the molecule is CC(C)(C)c1ccc(N(c2ccc(C(C)(C)C)cc2-c2ccc3ccc4cccc5ccc2c3c45)c2cc(Cl)cc(N(c3ccc(C(C)(C)C)cc3-c3ccccc3)c3csc4ccc(C(C)(C)C)cc34)c2Cl)cc1. The van der Waals surface area contributed by atoms with Crippen molar-refractivity contribution >= 4 is 111 Å². The maximum absolute atomic E-state index is 8.36. The molecule has 0 aliphatic heterocycles. The molecule has 1 heterocycles. The van der Waals surface area contributed by atoms with Crippen LogP contribution in [0, 0.1) is 0 Å². The molecule has 0 saturated heterocycles. The molecule has 0 amide bonds. The van der Waals surface area contributed by atoms with Crippen LogP contribution >= 0.6 is 34.5 Å². The van der Waals surface area contributed by atoms with Crippen molar-refractivity contribution in [1.29, 1.82) is 0 Å². The minimum Gasteiger partial charge on any atom is -0.308 e. The van der Waals surface area contributed by atoms with Gasteiger partial charge in [-0.2, -0.15) is 0 Å². The lowest BCUT2D eigenvalue weighted by molar-refractivity contribution is 0.590. The van der Waals surface area contributed by atoms with Crippen LogP contribution in [0.15, 0.2) is 181 Å². The van der Waals surface area contributed by atoms with Crippen molar-refractivity contribution in [3.8, 4) is 22.3 Å². The van der Waals surface area contributed by atoms with Gasteiger partial charge in [-0.3, -0.25) is 0 Å². The van der Waals surface area contributed by atoms with Gasteiger partial charge in [-0.25, -0.2) is 0 Å². The van der Waals surface area contributed by atoms with Crippen LogP contribution in [0.4, 0.5) is 34.1 Å². The van der Waals surface area contributed by atoms with Gasteiger partial charge in [0.25, 0.3) is 0 Å². The van der Waals surface area contributed by atoms with E-state index in [-0.39, 0.29) is 21.7 Å². The molecule has 0 bridgehead atoms. The Hall–Kier alpha value is -6.62. The van der Waals surface area contributed by atoms with Crippen LogP contribution in [0.5, 0.6) is 0 Å². The monoisotopic (exact) mass is 1040 g/mol.